The molecule has 1 aliphatic rings. The highest BCUT2D eigenvalue weighted by molar-refractivity contribution is 5.31. The van der Waals surface area contributed by atoms with E-state index in [0.29, 0.717) is 24.9 Å². The van der Waals surface area contributed by atoms with Gasteiger partial charge in [-0.05, 0) is 37.1 Å². The summed E-state index contributed by atoms with van der Waals surface area (Å²) in [6.45, 7) is 3.01. The summed E-state index contributed by atoms with van der Waals surface area (Å²) in [5.41, 5.74) is -0.421. The number of hydrogen-bond donors (Lipinski definition) is 2. The zero-order valence-corrected chi connectivity index (χ0v) is 12.4. The lowest BCUT2D eigenvalue weighted by Crippen LogP contribution is -2.38. The Kier molecular flexibility index (Phi) is 5.53. The van der Waals surface area contributed by atoms with Crippen molar-refractivity contribution in [2.75, 3.05) is 13.2 Å². The van der Waals surface area contributed by atoms with Crippen LogP contribution in [0.2, 0.25) is 0 Å². The van der Waals surface area contributed by atoms with E-state index in [1.54, 1.807) is 0 Å². The molecule has 1 aromatic rings. The summed E-state index contributed by atoms with van der Waals surface area (Å²) in [6, 6.07) is 2.54. The molecule has 0 aliphatic heterocycles. The summed E-state index contributed by atoms with van der Waals surface area (Å²) in [5, 5.41) is 13.3. The van der Waals surface area contributed by atoms with Crippen molar-refractivity contribution in [3.63, 3.8) is 0 Å². The Labute approximate surface area is 124 Å². The van der Waals surface area contributed by atoms with Crippen LogP contribution in [-0.4, -0.2) is 23.9 Å². The fourth-order valence-corrected chi connectivity index (χ4v) is 2.68. The average Bonchev–Trinajstić information content (AvgIpc) is 2.45. The third-order valence-corrected chi connectivity index (χ3v) is 3.91. The SMILES string of the molecule is CCNCc1cc(F)c(OCC2(O)CCCCC2)c(F)c1. The van der Waals surface area contributed by atoms with Gasteiger partial charge >= 0.3 is 0 Å². The van der Waals surface area contributed by atoms with E-state index >= 15 is 0 Å². The molecule has 21 heavy (non-hydrogen) atoms. The smallest absolute Gasteiger partial charge is 0.190 e. The number of halogens is 2. The Hall–Kier alpha value is -1.20. The van der Waals surface area contributed by atoms with Crippen LogP contribution in [0.1, 0.15) is 44.6 Å². The molecular weight excluding hydrogens is 276 g/mol. The largest absolute Gasteiger partial charge is 0.485 e. The predicted octanol–water partition coefficient (Wildman–Crippen LogP) is 3.15. The van der Waals surface area contributed by atoms with Crippen LogP contribution in [0.3, 0.4) is 0 Å². The highest BCUT2D eigenvalue weighted by atomic mass is 19.1. The van der Waals surface area contributed by atoms with Crippen molar-refractivity contribution >= 4 is 0 Å². The van der Waals surface area contributed by atoms with Gasteiger partial charge < -0.3 is 15.2 Å². The van der Waals surface area contributed by atoms with Crippen LogP contribution in [0.15, 0.2) is 12.1 Å². The lowest BCUT2D eigenvalue weighted by Gasteiger charge is -2.31. The van der Waals surface area contributed by atoms with E-state index in [1.165, 1.54) is 12.1 Å². The van der Waals surface area contributed by atoms with Crippen LogP contribution in [0, 0.1) is 11.6 Å². The minimum Gasteiger partial charge on any atom is -0.485 e. The molecule has 0 bridgehead atoms. The summed E-state index contributed by atoms with van der Waals surface area (Å²) in [7, 11) is 0. The third kappa shape index (κ3) is 4.38. The maximum absolute atomic E-state index is 13.9. The second-order valence-electron chi connectivity index (χ2n) is 5.74. The molecule has 1 fully saturated rings. The van der Waals surface area contributed by atoms with Crippen LogP contribution < -0.4 is 10.1 Å². The van der Waals surface area contributed by atoms with Gasteiger partial charge in [0.05, 0.1) is 5.60 Å². The normalized spacial score (nSPS) is 17.7. The number of aliphatic hydroxyl groups is 1. The highest BCUT2D eigenvalue weighted by Gasteiger charge is 2.30. The number of rotatable bonds is 6. The molecule has 0 unspecified atom stereocenters. The van der Waals surface area contributed by atoms with E-state index in [9.17, 15) is 13.9 Å². The van der Waals surface area contributed by atoms with Crippen LogP contribution >= 0.6 is 0 Å². The Morgan fingerprint density at radius 3 is 2.38 bits per heavy atom. The molecule has 0 saturated heterocycles. The van der Waals surface area contributed by atoms with E-state index in [2.05, 4.69) is 5.32 Å². The minimum absolute atomic E-state index is 0.0621. The van der Waals surface area contributed by atoms with Crippen molar-refractivity contribution in [3.05, 3.63) is 29.3 Å². The third-order valence-electron chi connectivity index (χ3n) is 3.91. The first kappa shape index (κ1) is 16.2. The van der Waals surface area contributed by atoms with Gasteiger partial charge in [0, 0.05) is 6.54 Å². The monoisotopic (exact) mass is 299 g/mol. The van der Waals surface area contributed by atoms with E-state index in [1.807, 2.05) is 6.92 Å². The summed E-state index contributed by atoms with van der Waals surface area (Å²) in [5.74, 6) is -1.83. The molecule has 3 nitrogen and oxygen atoms in total. The van der Waals surface area contributed by atoms with E-state index in [-0.39, 0.29) is 6.61 Å². The zero-order valence-electron chi connectivity index (χ0n) is 12.4. The first-order valence-electron chi connectivity index (χ1n) is 7.58. The minimum atomic E-state index is -0.959. The first-order chi connectivity index (χ1) is 10.0. The van der Waals surface area contributed by atoms with Gasteiger partial charge in [-0.1, -0.05) is 26.2 Å². The number of nitrogens with one attached hydrogen (secondary N) is 1. The molecule has 0 spiro atoms. The van der Waals surface area contributed by atoms with Gasteiger partial charge in [-0.3, -0.25) is 0 Å². The fourth-order valence-electron chi connectivity index (χ4n) is 2.68. The predicted molar refractivity (Wildman–Crippen MR) is 77.3 cm³/mol. The molecule has 2 rings (SSSR count). The summed E-state index contributed by atoms with van der Waals surface area (Å²) < 4.78 is 33.1. The summed E-state index contributed by atoms with van der Waals surface area (Å²) >= 11 is 0. The van der Waals surface area contributed by atoms with E-state index in [4.69, 9.17) is 4.74 Å². The van der Waals surface area contributed by atoms with Crippen LogP contribution in [-0.2, 0) is 6.54 Å². The lowest BCUT2D eigenvalue weighted by atomic mass is 9.85. The molecule has 2 N–H and O–H groups in total. The molecule has 0 aromatic heterocycles. The second kappa shape index (κ2) is 7.18. The quantitative estimate of drug-likeness (QED) is 0.848. The Morgan fingerprint density at radius 1 is 1.19 bits per heavy atom. The van der Waals surface area contributed by atoms with Gasteiger partial charge in [-0.15, -0.1) is 0 Å². The van der Waals surface area contributed by atoms with Gasteiger partial charge in [0.1, 0.15) is 6.61 Å². The lowest BCUT2D eigenvalue weighted by molar-refractivity contribution is -0.0355. The van der Waals surface area contributed by atoms with Crippen molar-refractivity contribution in [2.45, 2.75) is 51.2 Å². The van der Waals surface area contributed by atoms with Gasteiger partial charge in [0.15, 0.2) is 17.4 Å². The Morgan fingerprint density at radius 2 is 1.81 bits per heavy atom. The molecule has 0 heterocycles. The number of hydrogen-bond acceptors (Lipinski definition) is 3. The van der Waals surface area contributed by atoms with E-state index < -0.39 is 23.0 Å². The van der Waals surface area contributed by atoms with Crippen LogP contribution in [0.4, 0.5) is 8.78 Å². The first-order valence-corrected chi connectivity index (χ1v) is 7.58. The number of benzene rings is 1. The van der Waals surface area contributed by atoms with Gasteiger partial charge in [-0.2, -0.15) is 0 Å². The summed E-state index contributed by atoms with van der Waals surface area (Å²) in [4.78, 5) is 0. The molecule has 0 atom stereocenters. The van der Waals surface area contributed by atoms with Crippen molar-refractivity contribution in [3.8, 4) is 5.75 Å². The summed E-state index contributed by atoms with van der Waals surface area (Å²) in [6.07, 6.45) is 4.17. The van der Waals surface area contributed by atoms with Gasteiger partial charge in [-0.25, -0.2) is 8.78 Å². The molecule has 1 saturated carbocycles. The molecule has 5 heteroatoms. The molecule has 1 aromatic carbocycles. The van der Waals surface area contributed by atoms with E-state index in [0.717, 1.165) is 25.8 Å². The molecular formula is C16H23F2NO2. The Bertz CT molecular complexity index is 450. The van der Waals surface area contributed by atoms with Crippen molar-refractivity contribution < 1.29 is 18.6 Å². The topological polar surface area (TPSA) is 41.5 Å². The van der Waals surface area contributed by atoms with Crippen molar-refractivity contribution in [2.24, 2.45) is 0 Å². The van der Waals surface area contributed by atoms with Crippen molar-refractivity contribution in [1.29, 1.82) is 0 Å². The molecule has 118 valence electrons. The maximum Gasteiger partial charge on any atom is 0.190 e. The second-order valence-corrected chi connectivity index (χ2v) is 5.74. The average molecular weight is 299 g/mol. The maximum atomic E-state index is 13.9. The standard InChI is InChI=1S/C16H23F2NO2/c1-2-19-10-12-8-13(17)15(14(18)9-12)21-11-16(20)6-4-3-5-7-16/h8-9,19-20H,2-7,10-11H2,1H3. The van der Waals surface area contributed by atoms with Crippen molar-refractivity contribution in [1.82, 2.24) is 5.32 Å². The van der Waals surface area contributed by atoms with Crippen LogP contribution in [0.5, 0.6) is 5.75 Å². The van der Waals surface area contributed by atoms with Gasteiger partial charge in [0.2, 0.25) is 0 Å². The van der Waals surface area contributed by atoms with Crippen LogP contribution in [0.25, 0.3) is 0 Å². The molecule has 1 aliphatic carbocycles. The van der Waals surface area contributed by atoms with Gasteiger partial charge in [0.25, 0.3) is 0 Å². The molecule has 0 radical (unpaired) electrons. The Balaban J connectivity index is 2.02. The number of ether oxygens (including phenoxy) is 1. The zero-order chi connectivity index (χ0) is 15.3. The highest BCUT2D eigenvalue weighted by Crippen LogP contribution is 2.30. The fraction of sp³-hybridized carbons (Fsp3) is 0.625. The molecule has 0 amide bonds.